The minimum atomic E-state index is -3.75. The number of aromatic nitrogens is 1. The van der Waals surface area contributed by atoms with E-state index in [0.29, 0.717) is 14.6 Å². The molecule has 3 N–H and O–H groups in total. The largest absolute Gasteiger partial charge is 0.399 e. The van der Waals surface area contributed by atoms with Crippen LogP contribution in [0, 0.1) is 0 Å². The Morgan fingerprint density at radius 2 is 1.79 bits per heavy atom. The highest BCUT2D eigenvalue weighted by Crippen LogP contribution is 2.33. The summed E-state index contributed by atoms with van der Waals surface area (Å²) in [7, 11) is -3.75. The lowest BCUT2D eigenvalue weighted by Gasteiger charge is -2.11. The molecule has 0 atom stereocenters. The van der Waals surface area contributed by atoms with Crippen LogP contribution in [-0.2, 0) is 10.0 Å². The predicted octanol–water partition coefficient (Wildman–Crippen LogP) is 2.99. The van der Waals surface area contributed by atoms with Gasteiger partial charge in [0.1, 0.15) is 10.7 Å². The molecule has 0 aliphatic carbocycles. The summed E-state index contributed by atoms with van der Waals surface area (Å²) in [6, 6.07) is 8.01. The number of nitrogens with two attached hydrogens (primary N) is 1. The van der Waals surface area contributed by atoms with Crippen molar-refractivity contribution in [1.29, 1.82) is 0 Å². The molecule has 1 heterocycles. The zero-order valence-corrected chi connectivity index (χ0v) is 13.5. The monoisotopic (exact) mass is 405 g/mol. The van der Waals surface area contributed by atoms with Crippen molar-refractivity contribution in [1.82, 2.24) is 4.98 Å². The third-order valence-corrected chi connectivity index (χ3v) is 5.42. The van der Waals surface area contributed by atoms with Gasteiger partial charge in [-0.2, -0.15) is 0 Å². The average Bonchev–Trinajstić information content (AvgIpc) is 2.27. The molecule has 0 radical (unpaired) electrons. The second kappa shape index (κ2) is 5.48. The molecule has 0 fully saturated rings. The van der Waals surface area contributed by atoms with Crippen LogP contribution < -0.4 is 10.5 Å². The third kappa shape index (κ3) is 3.26. The van der Waals surface area contributed by atoms with E-state index in [0.717, 1.165) is 0 Å². The first-order valence-electron chi connectivity index (χ1n) is 5.08. The normalized spacial score (nSPS) is 11.3. The van der Waals surface area contributed by atoms with Gasteiger partial charge in [-0.15, -0.1) is 0 Å². The molecule has 5 nitrogen and oxygen atoms in total. The number of halogens is 2. The first kappa shape index (κ1) is 14.3. The molecule has 100 valence electrons. The van der Waals surface area contributed by atoms with Crippen molar-refractivity contribution in [2.24, 2.45) is 0 Å². The first-order valence-corrected chi connectivity index (χ1v) is 8.15. The van der Waals surface area contributed by atoms with Crippen molar-refractivity contribution in [3.05, 3.63) is 45.5 Å². The molecule has 0 amide bonds. The van der Waals surface area contributed by atoms with Crippen molar-refractivity contribution in [3.8, 4) is 0 Å². The van der Waals surface area contributed by atoms with Gasteiger partial charge in [0.05, 0.1) is 0 Å². The van der Waals surface area contributed by atoms with Crippen LogP contribution in [0.1, 0.15) is 0 Å². The number of hydrogen-bond acceptors (Lipinski definition) is 4. The molecule has 0 saturated heterocycles. The van der Waals surface area contributed by atoms with E-state index in [1.54, 1.807) is 18.2 Å². The smallest absolute Gasteiger partial charge is 0.265 e. The van der Waals surface area contributed by atoms with Gasteiger partial charge in [0, 0.05) is 20.8 Å². The predicted molar refractivity (Wildman–Crippen MR) is 81.3 cm³/mol. The van der Waals surface area contributed by atoms with E-state index in [2.05, 4.69) is 41.6 Å². The van der Waals surface area contributed by atoms with Gasteiger partial charge in [-0.1, -0.05) is 6.07 Å². The summed E-state index contributed by atoms with van der Waals surface area (Å²) < 4.78 is 27.8. The van der Waals surface area contributed by atoms with Gasteiger partial charge in [-0.25, -0.2) is 13.4 Å². The van der Waals surface area contributed by atoms with Crippen LogP contribution in [0.25, 0.3) is 0 Å². The molecule has 0 bridgehead atoms. The van der Waals surface area contributed by atoms with Gasteiger partial charge in [-0.05, 0) is 56.1 Å². The van der Waals surface area contributed by atoms with E-state index in [4.69, 9.17) is 5.73 Å². The SMILES string of the molecule is Nc1cc(Br)c(S(=O)(=O)Nc2ccccn2)c(Br)c1. The number of benzene rings is 1. The molecule has 0 unspecified atom stereocenters. The van der Waals surface area contributed by atoms with Crippen molar-refractivity contribution >= 4 is 53.4 Å². The highest BCUT2D eigenvalue weighted by Gasteiger charge is 2.22. The highest BCUT2D eigenvalue weighted by molar-refractivity contribution is 9.11. The Kier molecular flexibility index (Phi) is 4.12. The fourth-order valence-corrected chi connectivity index (χ4v) is 5.08. The fraction of sp³-hybridized carbons (Fsp3) is 0. The number of sulfonamides is 1. The molecule has 0 saturated carbocycles. The third-order valence-electron chi connectivity index (χ3n) is 2.19. The Balaban J connectivity index is 2.46. The lowest BCUT2D eigenvalue weighted by Crippen LogP contribution is -2.15. The van der Waals surface area contributed by atoms with Gasteiger partial charge < -0.3 is 5.73 Å². The van der Waals surface area contributed by atoms with Gasteiger partial charge in [0.2, 0.25) is 0 Å². The topological polar surface area (TPSA) is 85.1 Å². The lowest BCUT2D eigenvalue weighted by molar-refractivity contribution is 0.600. The van der Waals surface area contributed by atoms with Crippen LogP contribution in [0.5, 0.6) is 0 Å². The summed E-state index contributed by atoms with van der Waals surface area (Å²) in [4.78, 5) is 4.00. The van der Waals surface area contributed by atoms with Crippen LogP contribution in [0.4, 0.5) is 11.5 Å². The minimum Gasteiger partial charge on any atom is -0.399 e. The quantitative estimate of drug-likeness (QED) is 0.767. The summed E-state index contributed by atoms with van der Waals surface area (Å²) >= 11 is 6.40. The number of nitrogens with one attached hydrogen (secondary N) is 1. The van der Waals surface area contributed by atoms with E-state index in [-0.39, 0.29) is 10.7 Å². The van der Waals surface area contributed by atoms with E-state index in [9.17, 15) is 8.42 Å². The Morgan fingerprint density at radius 1 is 1.16 bits per heavy atom. The van der Waals surface area contributed by atoms with E-state index in [1.807, 2.05) is 0 Å². The molecule has 8 heteroatoms. The van der Waals surface area contributed by atoms with E-state index in [1.165, 1.54) is 18.3 Å². The van der Waals surface area contributed by atoms with Crippen LogP contribution >= 0.6 is 31.9 Å². The van der Waals surface area contributed by atoms with Gasteiger partial charge in [0.15, 0.2) is 0 Å². The van der Waals surface area contributed by atoms with Crippen molar-refractivity contribution in [2.45, 2.75) is 4.90 Å². The molecule has 1 aromatic carbocycles. The van der Waals surface area contributed by atoms with Crippen LogP contribution in [-0.4, -0.2) is 13.4 Å². The maximum Gasteiger partial charge on any atom is 0.265 e. The van der Waals surface area contributed by atoms with Gasteiger partial charge in [0.25, 0.3) is 10.0 Å². The van der Waals surface area contributed by atoms with Crippen molar-refractivity contribution < 1.29 is 8.42 Å². The zero-order valence-electron chi connectivity index (χ0n) is 9.47. The molecular formula is C11H9Br2N3O2S. The number of nitrogens with zero attached hydrogens (tertiary/aromatic N) is 1. The number of rotatable bonds is 3. The fourth-order valence-electron chi connectivity index (χ4n) is 1.45. The molecule has 2 rings (SSSR count). The maximum atomic E-state index is 12.3. The van der Waals surface area contributed by atoms with E-state index < -0.39 is 10.0 Å². The number of pyridine rings is 1. The Morgan fingerprint density at radius 3 is 2.32 bits per heavy atom. The molecule has 1 aromatic heterocycles. The van der Waals surface area contributed by atoms with Crippen molar-refractivity contribution in [2.75, 3.05) is 10.5 Å². The summed E-state index contributed by atoms with van der Waals surface area (Å²) in [5.74, 6) is 0.248. The van der Waals surface area contributed by atoms with Gasteiger partial charge in [-0.3, -0.25) is 4.72 Å². The number of nitrogen functional groups attached to an aromatic ring is 1. The lowest BCUT2D eigenvalue weighted by atomic mass is 10.3. The second-order valence-corrected chi connectivity index (χ2v) is 6.96. The second-order valence-electron chi connectivity index (χ2n) is 3.63. The first-order chi connectivity index (χ1) is 8.90. The summed E-state index contributed by atoms with van der Waals surface area (Å²) in [6.45, 7) is 0. The Bertz CT molecular complexity index is 682. The number of anilines is 2. The Hall–Kier alpha value is -1.12. The van der Waals surface area contributed by atoms with Crippen LogP contribution in [0.2, 0.25) is 0 Å². The van der Waals surface area contributed by atoms with Crippen LogP contribution in [0.15, 0.2) is 50.4 Å². The summed E-state index contributed by atoms with van der Waals surface area (Å²) in [5, 5.41) is 0. The van der Waals surface area contributed by atoms with Crippen molar-refractivity contribution in [3.63, 3.8) is 0 Å². The summed E-state index contributed by atoms with van der Waals surface area (Å²) in [6.07, 6.45) is 1.50. The van der Waals surface area contributed by atoms with Gasteiger partial charge >= 0.3 is 0 Å². The molecular weight excluding hydrogens is 398 g/mol. The molecule has 19 heavy (non-hydrogen) atoms. The zero-order chi connectivity index (χ0) is 14.0. The molecule has 2 aromatic rings. The van der Waals surface area contributed by atoms with Crippen LogP contribution in [0.3, 0.4) is 0 Å². The maximum absolute atomic E-state index is 12.3. The number of hydrogen-bond donors (Lipinski definition) is 2. The molecule has 0 spiro atoms. The standard InChI is InChI=1S/C11H9Br2N3O2S/c12-8-5-7(14)6-9(13)11(8)19(17,18)16-10-3-1-2-4-15-10/h1-6H,14H2,(H,15,16). The van der Waals surface area contributed by atoms with E-state index >= 15 is 0 Å². The molecule has 0 aliphatic heterocycles. The average molecular weight is 407 g/mol. The summed E-state index contributed by atoms with van der Waals surface area (Å²) in [5.41, 5.74) is 6.09. The molecule has 0 aliphatic rings. The highest BCUT2D eigenvalue weighted by atomic mass is 79.9. The Labute approximate surface area is 127 Å². The minimum absolute atomic E-state index is 0.0763.